The van der Waals surface area contributed by atoms with E-state index in [0.29, 0.717) is 0 Å². The summed E-state index contributed by atoms with van der Waals surface area (Å²) >= 11 is 0. The average molecular weight is 75.7 g/mol. The minimum atomic E-state index is 1.14. The second-order valence-electron chi connectivity index (χ2n) is 1.59. The summed E-state index contributed by atoms with van der Waals surface area (Å²) in [5.41, 5.74) is 1.40. The van der Waals surface area contributed by atoms with Crippen LogP contribution in [0.2, 0.25) is 0 Å². The van der Waals surface area contributed by atoms with Gasteiger partial charge in [0, 0.05) is 0 Å². The molecule has 0 aromatic heterocycles. The molecule has 1 aliphatic rings. The van der Waals surface area contributed by atoms with Crippen LogP contribution in [0.4, 0.5) is 0 Å². The SMILES string of the molecule is CC1=CBC=B1. The molecular formula is C4H6B2. The number of allylic oxidation sites excluding steroid dienone is 1. The van der Waals surface area contributed by atoms with Crippen molar-refractivity contribution in [3.63, 3.8) is 0 Å². The molecule has 0 atom stereocenters. The van der Waals surface area contributed by atoms with Crippen LogP contribution in [0, 0.1) is 0 Å². The fourth-order valence-corrected chi connectivity index (χ4v) is 0.576. The van der Waals surface area contributed by atoms with Crippen molar-refractivity contribution >= 4 is 20.1 Å². The molecule has 0 radical (unpaired) electrons. The molecule has 2 heteroatoms. The first-order chi connectivity index (χ1) is 2.89. The van der Waals surface area contributed by atoms with Crippen molar-refractivity contribution < 1.29 is 0 Å². The zero-order valence-corrected chi connectivity index (χ0v) is 3.94. The molecule has 0 saturated carbocycles. The Kier molecular flexibility index (Phi) is 0.952. The van der Waals surface area contributed by atoms with Crippen LogP contribution in [-0.2, 0) is 0 Å². The van der Waals surface area contributed by atoms with Gasteiger partial charge in [-0.05, 0) is 0 Å². The van der Waals surface area contributed by atoms with Crippen LogP contribution in [-0.4, -0.2) is 20.1 Å². The molecule has 0 nitrogen and oxygen atoms in total. The molecule has 0 aromatic rings. The average Bonchev–Trinajstić information content (AvgIpc) is 1.86. The maximum atomic E-state index is 2.21. The van der Waals surface area contributed by atoms with Crippen molar-refractivity contribution in [2.45, 2.75) is 6.92 Å². The first kappa shape index (κ1) is 3.91. The van der Waals surface area contributed by atoms with E-state index in [2.05, 4.69) is 25.7 Å². The van der Waals surface area contributed by atoms with Gasteiger partial charge in [-0.25, -0.2) is 0 Å². The van der Waals surface area contributed by atoms with E-state index < -0.39 is 0 Å². The molecule has 0 spiro atoms. The fourth-order valence-electron chi connectivity index (χ4n) is 0.576. The van der Waals surface area contributed by atoms with Crippen molar-refractivity contribution in [2.75, 3.05) is 0 Å². The quantitative estimate of drug-likeness (QED) is 0.349. The van der Waals surface area contributed by atoms with Crippen LogP contribution in [0.25, 0.3) is 0 Å². The molecular weight excluding hydrogens is 69.7 g/mol. The molecule has 1 heterocycles. The predicted molar refractivity (Wildman–Crippen MR) is 32.7 cm³/mol. The Morgan fingerprint density at radius 1 is 1.83 bits per heavy atom. The molecule has 1 rings (SSSR count). The van der Waals surface area contributed by atoms with E-state index in [4.69, 9.17) is 0 Å². The topological polar surface area (TPSA) is 0 Å². The van der Waals surface area contributed by atoms with E-state index in [1.165, 1.54) is 5.47 Å². The molecule has 0 aliphatic carbocycles. The van der Waals surface area contributed by atoms with Gasteiger partial charge < -0.3 is 0 Å². The second kappa shape index (κ2) is 1.46. The van der Waals surface area contributed by atoms with E-state index in [-0.39, 0.29) is 0 Å². The van der Waals surface area contributed by atoms with Crippen molar-refractivity contribution in [3.8, 4) is 0 Å². The summed E-state index contributed by atoms with van der Waals surface area (Å²) in [7, 11) is 1.14. The number of rotatable bonds is 0. The molecule has 0 saturated heterocycles. The molecule has 0 unspecified atom stereocenters. The Labute approximate surface area is 39.4 Å². The van der Waals surface area contributed by atoms with Crippen molar-refractivity contribution in [1.82, 2.24) is 0 Å². The number of hydrogen-bond donors (Lipinski definition) is 0. The van der Waals surface area contributed by atoms with Gasteiger partial charge in [0.1, 0.15) is 0 Å². The first-order valence-corrected chi connectivity index (χ1v) is 2.23. The first-order valence-electron chi connectivity index (χ1n) is 2.23. The van der Waals surface area contributed by atoms with Gasteiger partial charge in [0.25, 0.3) is 0 Å². The summed E-state index contributed by atoms with van der Waals surface area (Å²) in [6.45, 7) is 4.25. The van der Waals surface area contributed by atoms with Gasteiger partial charge in [-0.15, -0.1) is 0 Å². The Balaban J connectivity index is 2.68. The van der Waals surface area contributed by atoms with Crippen LogP contribution in [0.1, 0.15) is 6.92 Å². The molecule has 28 valence electrons. The van der Waals surface area contributed by atoms with Gasteiger partial charge in [-0.2, -0.15) is 0 Å². The molecule has 0 amide bonds. The summed E-state index contributed by atoms with van der Waals surface area (Å²) in [6.07, 6.45) is 0. The van der Waals surface area contributed by atoms with E-state index in [1.807, 2.05) is 0 Å². The molecule has 6 heavy (non-hydrogen) atoms. The summed E-state index contributed by atoms with van der Waals surface area (Å²) in [5, 5.41) is 0. The fraction of sp³-hybridized carbons (Fsp3) is 0.250. The normalized spacial score (nSPS) is 15.8. The Bertz CT molecular complexity index is 99.4. The third kappa shape index (κ3) is 0.618. The third-order valence-corrected chi connectivity index (χ3v) is 0.957. The van der Waals surface area contributed by atoms with Crippen LogP contribution in [0.3, 0.4) is 0 Å². The minimum absolute atomic E-state index is 1.14. The molecule has 0 aromatic carbocycles. The zero-order valence-electron chi connectivity index (χ0n) is 3.94. The monoisotopic (exact) mass is 76.1 g/mol. The van der Waals surface area contributed by atoms with Crippen LogP contribution in [0.15, 0.2) is 11.4 Å². The van der Waals surface area contributed by atoms with Gasteiger partial charge in [-0.3, -0.25) is 0 Å². The van der Waals surface area contributed by atoms with Crippen molar-refractivity contribution in [1.29, 1.82) is 0 Å². The van der Waals surface area contributed by atoms with Crippen LogP contribution < -0.4 is 0 Å². The summed E-state index contributed by atoms with van der Waals surface area (Å²) in [5.74, 6) is 4.37. The van der Waals surface area contributed by atoms with E-state index in [1.54, 1.807) is 0 Å². The van der Waals surface area contributed by atoms with Crippen LogP contribution in [0.5, 0.6) is 0 Å². The van der Waals surface area contributed by atoms with Gasteiger partial charge in [0.05, 0.1) is 0 Å². The summed E-state index contributed by atoms with van der Waals surface area (Å²) in [4.78, 5) is 0. The second-order valence-corrected chi connectivity index (χ2v) is 1.59. The van der Waals surface area contributed by atoms with Gasteiger partial charge >= 0.3 is 38.4 Å². The molecule has 1 aliphatic heterocycles. The number of hydrogen-bond acceptors (Lipinski definition) is 0. The maximum absolute atomic E-state index is 2.21. The summed E-state index contributed by atoms with van der Waals surface area (Å²) < 4.78 is 0. The summed E-state index contributed by atoms with van der Waals surface area (Å²) in [6, 6.07) is 0. The predicted octanol–water partition coefficient (Wildman–Crippen LogP) is -0.238. The van der Waals surface area contributed by atoms with Crippen molar-refractivity contribution in [2.24, 2.45) is 0 Å². The zero-order chi connectivity index (χ0) is 4.41. The van der Waals surface area contributed by atoms with E-state index in [9.17, 15) is 0 Å². The Morgan fingerprint density at radius 3 is 2.83 bits per heavy atom. The Hall–Kier alpha value is -0.260. The van der Waals surface area contributed by atoms with Gasteiger partial charge in [0.2, 0.25) is 0 Å². The van der Waals surface area contributed by atoms with Crippen LogP contribution >= 0.6 is 0 Å². The standard InChI is InChI=1S/C4H6B2/c1-4-2-5-3-6-4/h2-3,5H,1H3. The molecule has 0 bridgehead atoms. The van der Waals surface area contributed by atoms with E-state index in [0.717, 1.165) is 7.28 Å². The van der Waals surface area contributed by atoms with Gasteiger partial charge in [0.15, 0.2) is 0 Å². The van der Waals surface area contributed by atoms with Gasteiger partial charge in [-0.1, -0.05) is 0 Å². The Morgan fingerprint density at radius 2 is 2.67 bits per heavy atom. The van der Waals surface area contributed by atoms with E-state index >= 15 is 0 Å². The molecule has 0 fully saturated rings. The van der Waals surface area contributed by atoms with Crippen molar-refractivity contribution in [3.05, 3.63) is 11.4 Å². The molecule has 0 N–H and O–H groups in total. The third-order valence-electron chi connectivity index (χ3n) is 0.957.